The molecular formula is C12H23NO4S. The minimum atomic E-state index is -3.18. The average molecular weight is 277 g/mol. The summed E-state index contributed by atoms with van der Waals surface area (Å²) in [5.41, 5.74) is 0. The molecule has 0 aromatic heterocycles. The van der Waals surface area contributed by atoms with Crippen LogP contribution in [0, 0.1) is 17.8 Å². The van der Waals surface area contributed by atoms with E-state index < -0.39 is 16.0 Å². The van der Waals surface area contributed by atoms with E-state index in [9.17, 15) is 13.2 Å². The van der Waals surface area contributed by atoms with E-state index in [0.717, 1.165) is 12.8 Å². The molecule has 106 valence electrons. The van der Waals surface area contributed by atoms with E-state index in [2.05, 4.69) is 4.72 Å². The number of hydrogen-bond acceptors (Lipinski definition) is 3. The van der Waals surface area contributed by atoms with E-state index in [1.54, 1.807) is 0 Å². The fourth-order valence-corrected chi connectivity index (χ4v) is 3.84. The van der Waals surface area contributed by atoms with Gasteiger partial charge in [0.05, 0.1) is 11.7 Å². The monoisotopic (exact) mass is 277 g/mol. The number of carboxylic acid groups (broad SMARTS) is 1. The third-order valence-corrected chi connectivity index (χ3v) is 5.05. The standard InChI is InChI=1S/C12H23NO4S/c1-9(2)8-18(16,17)13-7-10-3-5-11(6-4-10)12(14)15/h9-11,13H,3-8H2,1-2H3,(H,14,15). The van der Waals surface area contributed by atoms with Crippen LogP contribution >= 0.6 is 0 Å². The van der Waals surface area contributed by atoms with Gasteiger partial charge in [0.2, 0.25) is 10.0 Å². The average Bonchev–Trinajstić information content (AvgIpc) is 2.25. The Balaban J connectivity index is 2.32. The summed E-state index contributed by atoms with van der Waals surface area (Å²) in [5, 5.41) is 8.87. The molecule has 5 nitrogen and oxygen atoms in total. The lowest BCUT2D eigenvalue weighted by Crippen LogP contribution is -2.34. The van der Waals surface area contributed by atoms with Crippen molar-refractivity contribution in [2.24, 2.45) is 17.8 Å². The number of aliphatic carboxylic acids is 1. The van der Waals surface area contributed by atoms with Crippen LogP contribution in [0.15, 0.2) is 0 Å². The molecule has 1 saturated carbocycles. The van der Waals surface area contributed by atoms with Gasteiger partial charge in [-0.05, 0) is 37.5 Å². The van der Waals surface area contributed by atoms with Gasteiger partial charge in [0, 0.05) is 6.54 Å². The minimum absolute atomic E-state index is 0.116. The lowest BCUT2D eigenvalue weighted by atomic mass is 9.82. The highest BCUT2D eigenvalue weighted by atomic mass is 32.2. The van der Waals surface area contributed by atoms with Gasteiger partial charge in [0.25, 0.3) is 0 Å². The summed E-state index contributed by atoms with van der Waals surface area (Å²) in [6, 6.07) is 0. The van der Waals surface area contributed by atoms with Crippen LogP contribution in [0.3, 0.4) is 0 Å². The van der Waals surface area contributed by atoms with E-state index in [0.29, 0.717) is 19.4 Å². The predicted molar refractivity (Wildman–Crippen MR) is 69.7 cm³/mol. The number of sulfonamides is 1. The van der Waals surface area contributed by atoms with E-state index in [-0.39, 0.29) is 23.5 Å². The maximum absolute atomic E-state index is 11.7. The highest BCUT2D eigenvalue weighted by Crippen LogP contribution is 2.28. The summed E-state index contributed by atoms with van der Waals surface area (Å²) in [7, 11) is -3.18. The molecule has 18 heavy (non-hydrogen) atoms. The highest BCUT2D eigenvalue weighted by Gasteiger charge is 2.26. The van der Waals surface area contributed by atoms with Crippen LogP contribution in [0.1, 0.15) is 39.5 Å². The molecule has 0 atom stereocenters. The Bertz CT molecular complexity index is 370. The predicted octanol–water partition coefficient (Wildman–Crippen LogP) is 1.45. The minimum Gasteiger partial charge on any atom is -0.481 e. The quantitative estimate of drug-likeness (QED) is 0.769. The molecule has 1 fully saturated rings. The van der Waals surface area contributed by atoms with Gasteiger partial charge in [-0.1, -0.05) is 13.8 Å². The Morgan fingerprint density at radius 2 is 1.83 bits per heavy atom. The summed E-state index contributed by atoms with van der Waals surface area (Å²) < 4.78 is 25.9. The second-order valence-electron chi connectivity index (χ2n) is 5.58. The lowest BCUT2D eigenvalue weighted by Gasteiger charge is -2.26. The molecule has 0 amide bonds. The van der Waals surface area contributed by atoms with Crippen molar-refractivity contribution in [3.63, 3.8) is 0 Å². The maximum Gasteiger partial charge on any atom is 0.306 e. The molecule has 6 heteroatoms. The van der Waals surface area contributed by atoms with Crippen LogP contribution in [0.5, 0.6) is 0 Å². The van der Waals surface area contributed by atoms with Crippen molar-refractivity contribution in [3.05, 3.63) is 0 Å². The topological polar surface area (TPSA) is 83.5 Å². The molecule has 0 aromatic carbocycles. The molecule has 0 aromatic rings. The van der Waals surface area contributed by atoms with Gasteiger partial charge in [0.15, 0.2) is 0 Å². The summed E-state index contributed by atoms with van der Waals surface area (Å²) in [6.07, 6.45) is 2.90. The number of hydrogen-bond donors (Lipinski definition) is 2. The van der Waals surface area contributed by atoms with Gasteiger partial charge in [-0.25, -0.2) is 13.1 Å². The van der Waals surface area contributed by atoms with Gasteiger partial charge in [0.1, 0.15) is 0 Å². The normalized spacial score (nSPS) is 25.3. The van der Waals surface area contributed by atoms with Gasteiger partial charge in [-0.15, -0.1) is 0 Å². The Hall–Kier alpha value is -0.620. The molecular weight excluding hydrogens is 254 g/mol. The van der Waals surface area contributed by atoms with Gasteiger partial charge in [-0.2, -0.15) is 0 Å². The molecule has 0 radical (unpaired) electrons. The van der Waals surface area contributed by atoms with Crippen LogP contribution in [-0.4, -0.2) is 31.8 Å². The fourth-order valence-electron chi connectivity index (χ4n) is 2.36. The summed E-state index contributed by atoms with van der Waals surface area (Å²) in [5.74, 6) is -0.424. The number of carboxylic acids is 1. The van der Waals surface area contributed by atoms with Crippen molar-refractivity contribution < 1.29 is 18.3 Å². The molecule has 2 N–H and O–H groups in total. The van der Waals surface area contributed by atoms with Crippen molar-refractivity contribution in [1.29, 1.82) is 0 Å². The zero-order chi connectivity index (χ0) is 13.8. The van der Waals surface area contributed by atoms with Gasteiger partial charge in [-0.3, -0.25) is 4.79 Å². The Morgan fingerprint density at radius 3 is 2.28 bits per heavy atom. The molecule has 1 aliphatic rings. The van der Waals surface area contributed by atoms with Crippen LogP contribution in [-0.2, 0) is 14.8 Å². The first kappa shape index (κ1) is 15.4. The molecule has 1 aliphatic carbocycles. The van der Waals surface area contributed by atoms with E-state index in [1.165, 1.54) is 0 Å². The maximum atomic E-state index is 11.7. The van der Waals surface area contributed by atoms with Gasteiger partial charge >= 0.3 is 5.97 Å². The SMILES string of the molecule is CC(C)CS(=O)(=O)NCC1CCC(C(=O)O)CC1. The van der Waals surface area contributed by atoms with Crippen molar-refractivity contribution in [3.8, 4) is 0 Å². The molecule has 1 rings (SSSR count). The number of rotatable bonds is 6. The van der Waals surface area contributed by atoms with E-state index >= 15 is 0 Å². The van der Waals surface area contributed by atoms with Crippen molar-refractivity contribution >= 4 is 16.0 Å². The molecule has 0 saturated heterocycles. The Labute approximate surface area is 109 Å². The smallest absolute Gasteiger partial charge is 0.306 e. The van der Waals surface area contributed by atoms with Gasteiger partial charge < -0.3 is 5.11 Å². The third-order valence-electron chi connectivity index (χ3n) is 3.34. The summed E-state index contributed by atoms with van der Waals surface area (Å²) in [4.78, 5) is 10.8. The van der Waals surface area contributed by atoms with Crippen LogP contribution < -0.4 is 4.72 Å². The summed E-state index contributed by atoms with van der Waals surface area (Å²) >= 11 is 0. The van der Waals surface area contributed by atoms with Crippen LogP contribution in [0.2, 0.25) is 0 Å². The zero-order valence-corrected chi connectivity index (χ0v) is 11.9. The van der Waals surface area contributed by atoms with E-state index in [4.69, 9.17) is 5.11 Å². The number of carbonyl (C=O) groups is 1. The lowest BCUT2D eigenvalue weighted by molar-refractivity contribution is -0.143. The van der Waals surface area contributed by atoms with Crippen molar-refractivity contribution in [2.75, 3.05) is 12.3 Å². The first-order valence-corrected chi connectivity index (χ1v) is 8.15. The van der Waals surface area contributed by atoms with Crippen molar-refractivity contribution in [1.82, 2.24) is 4.72 Å². The Morgan fingerprint density at radius 1 is 1.28 bits per heavy atom. The molecule has 0 bridgehead atoms. The molecule has 0 spiro atoms. The second kappa shape index (κ2) is 6.52. The first-order valence-electron chi connectivity index (χ1n) is 6.50. The molecule has 0 unspecified atom stereocenters. The fraction of sp³-hybridized carbons (Fsp3) is 0.917. The largest absolute Gasteiger partial charge is 0.481 e. The number of nitrogens with one attached hydrogen (secondary N) is 1. The van der Waals surface area contributed by atoms with E-state index in [1.807, 2.05) is 13.8 Å². The molecule has 0 aliphatic heterocycles. The molecule has 0 heterocycles. The highest BCUT2D eigenvalue weighted by molar-refractivity contribution is 7.89. The Kier molecular flexibility index (Phi) is 5.59. The first-order chi connectivity index (χ1) is 8.30. The second-order valence-corrected chi connectivity index (χ2v) is 7.43. The zero-order valence-electron chi connectivity index (χ0n) is 11.1. The van der Waals surface area contributed by atoms with Crippen LogP contribution in [0.4, 0.5) is 0 Å². The van der Waals surface area contributed by atoms with Crippen LogP contribution in [0.25, 0.3) is 0 Å². The summed E-state index contributed by atoms with van der Waals surface area (Å²) in [6.45, 7) is 4.19. The van der Waals surface area contributed by atoms with Crippen molar-refractivity contribution in [2.45, 2.75) is 39.5 Å². The third kappa shape index (κ3) is 5.35.